The summed E-state index contributed by atoms with van der Waals surface area (Å²) >= 11 is 0. The number of carbonyl (C=O) groups is 1. The molecule has 1 aromatic rings. The molecule has 0 bridgehead atoms. The van der Waals surface area contributed by atoms with E-state index in [1.165, 1.54) is 16.8 Å². The molecule has 0 saturated carbocycles. The minimum Gasteiger partial charge on any atom is -0.388 e. The number of nitrogens with zero attached hydrogens (tertiary/aromatic N) is 2. The first-order valence-corrected chi connectivity index (χ1v) is 6.88. The van der Waals surface area contributed by atoms with Crippen LogP contribution >= 0.6 is 0 Å². The lowest BCUT2D eigenvalue weighted by Gasteiger charge is -2.32. The molecular weight excluding hydrogens is 278 g/mol. The van der Waals surface area contributed by atoms with Gasteiger partial charge in [0.05, 0.1) is 16.7 Å². The Labute approximate surface area is 121 Å². The van der Waals surface area contributed by atoms with Crippen molar-refractivity contribution in [2.75, 3.05) is 19.8 Å². The van der Waals surface area contributed by atoms with Gasteiger partial charge in [0.25, 0.3) is 11.6 Å². The molecule has 1 fully saturated rings. The van der Waals surface area contributed by atoms with Gasteiger partial charge in [0, 0.05) is 45.2 Å². The van der Waals surface area contributed by atoms with Gasteiger partial charge >= 0.3 is 0 Å². The van der Waals surface area contributed by atoms with Crippen LogP contribution in [0.2, 0.25) is 0 Å². The average Bonchev–Trinajstić information content (AvgIpc) is 2.90. The van der Waals surface area contributed by atoms with Gasteiger partial charge in [0.2, 0.25) is 0 Å². The first kappa shape index (κ1) is 15.5. The van der Waals surface area contributed by atoms with E-state index in [1.54, 1.807) is 6.92 Å². The number of hydrogen-bond acceptors (Lipinski definition) is 5. The van der Waals surface area contributed by atoms with Gasteiger partial charge in [-0.3, -0.25) is 14.9 Å². The number of carbonyl (C=O) groups excluding carboxylic acids is 1. The van der Waals surface area contributed by atoms with E-state index in [4.69, 9.17) is 4.74 Å². The Hall–Kier alpha value is -1.93. The van der Waals surface area contributed by atoms with E-state index in [0.29, 0.717) is 32.6 Å². The second-order valence-electron chi connectivity index (χ2n) is 5.15. The molecule has 0 aliphatic carbocycles. The fourth-order valence-corrected chi connectivity index (χ4v) is 2.31. The fraction of sp³-hybridized carbons (Fsp3) is 0.615. The molecule has 116 valence electrons. The van der Waals surface area contributed by atoms with Crippen molar-refractivity contribution in [1.82, 2.24) is 9.88 Å². The molecule has 0 aromatic carbocycles. The molecule has 2 N–H and O–H groups in total. The lowest BCUT2D eigenvalue weighted by molar-refractivity contribution is -0.384. The molecule has 21 heavy (non-hydrogen) atoms. The van der Waals surface area contributed by atoms with Crippen LogP contribution in [0.25, 0.3) is 0 Å². The highest BCUT2D eigenvalue weighted by molar-refractivity contribution is 5.93. The van der Waals surface area contributed by atoms with Crippen LogP contribution < -0.4 is 5.32 Å². The summed E-state index contributed by atoms with van der Waals surface area (Å²) in [6.07, 6.45) is 2.25. The van der Waals surface area contributed by atoms with E-state index in [0.717, 1.165) is 0 Å². The third-order valence-electron chi connectivity index (χ3n) is 3.67. The van der Waals surface area contributed by atoms with Crippen molar-refractivity contribution in [2.45, 2.75) is 31.9 Å². The number of ether oxygens (including phenoxy) is 1. The average molecular weight is 297 g/mol. The summed E-state index contributed by atoms with van der Waals surface area (Å²) in [6.45, 7) is 3.28. The largest absolute Gasteiger partial charge is 0.388 e. The summed E-state index contributed by atoms with van der Waals surface area (Å²) in [5, 5.41) is 23.7. The Morgan fingerprint density at radius 3 is 2.81 bits per heavy atom. The maximum Gasteiger partial charge on any atom is 0.287 e. The van der Waals surface area contributed by atoms with E-state index >= 15 is 0 Å². The van der Waals surface area contributed by atoms with Crippen LogP contribution in [-0.2, 0) is 11.3 Å². The second-order valence-corrected chi connectivity index (χ2v) is 5.15. The van der Waals surface area contributed by atoms with Gasteiger partial charge in [-0.25, -0.2) is 0 Å². The van der Waals surface area contributed by atoms with E-state index < -0.39 is 16.4 Å². The van der Waals surface area contributed by atoms with Gasteiger partial charge in [-0.1, -0.05) is 0 Å². The number of aromatic nitrogens is 1. The molecule has 2 heterocycles. The van der Waals surface area contributed by atoms with Crippen LogP contribution in [0.3, 0.4) is 0 Å². The molecule has 0 radical (unpaired) electrons. The molecule has 1 aliphatic heterocycles. The quantitative estimate of drug-likeness (QED) is 0.614. The normalized spacial score (nSPS) is 17.4. The first-order chi connectivity index (χ1) is 9.95. The molecule has 8 heteroatoms. The number of aryl methyl sites for hydroxylation is 1. The minimum absolute atomic E-state index is 0.109. The van der Waals surface area contributed by atoms with Crippen LogP contribution in [0, 0.1) is 10.1 Å². The Kier molecular flexibility index (Phi) is 4.59. The van der Waals surface area contributed by atoms with Gasteiger partial charge in [-0.05, 0) is 6.92 Å². The summed E-state index contributed by atoms with van der Waals surface area (Å²) in [4.78, 5) is 22.4. The third-order valence-corrected chi connectivity index (χ3v) is 3.67. The van der Waals surface area contributed by atoms with E-state index in [9.17, 15) is 20.0 Å². The Balaban J connectivity index is 2.04. The number of hydrogen-bond donors (Lipinski definition) is 2. The molecule has 1 aliphatic rings. The number of nitrogens with one attached hydrogen (secondary N) is 1. The van der Waals surface area contributed by atoms with E-state index in [-0.39, 0.29) is 17.9 Å². The maximum absolute atomic E-state index is 12.1. The van der Waals surface area contributed by atoms with E-state index in [1.807, 2.05) is 0 Å². The minimum atomic E-state index is -0.969. The summed E-state index contributed by atoms with van der Waals surface area (Å²) in [7, 11) is 0. The molecule has 2 rings (SSSR count). The van der Waals surface area contributed by atoms with Crippen LogP contribution in [0.5, 0.6) is 0 Å². The zero-order valence-corrected chi connectivity index (χ0v) is 11.9. The predicted octanol–water partition coefficient (Wildman–Crippen LogP) is 0.687. The molecular formula is C13H19N3O5. The van der Waals surface area contributed by atoms with Crippen LogP contribution in [-0.4, -0.2) is 45.9 Å². The van der Waals surface area contributed by atoms with Crippen molar-refractivity contribution in [3.63, 3.8) is 0 Å². The Morgan fingerprint density at radius 2 is 2.24 bits per heavy atom. The predicted molar refractivity (Wildman–Crippen MR) is 74.1 cm³/mol. The molecule has 0 spiro atoms. The summed E-state index contributed by atoms with van der Waals surface area (Å²) in [5.74, 6) is -0.426. The fourth-order valence-electron chi connectivity index (χ4n) is 2.31. The van der Waals surface area contributed by atoms with Crippen LogP contribution in [0.1, 0.15) is 30.3 Å². The number of aliphatic hydroxyl groups is 1. The Morgan fingerprint density at radius 1 is 1.57 bits per heavy atom. The van der Waals surface area contributed by atoms with Crippen molar-refractivity contribution in [2.24, 2.45) is 0 Å². The maximum atomic E-state index is 12.1. The SMILES string of the molecule is CCn1cc([N+](=O)[O-])cc1C(=O)NCC1(O)CCOCC1. The molecule has 1 aromatic heterocycles. The highest BCUT2D eigenvalue weighted by atomic mass is 16.6. The Bertz CT molecular complexity index is 534. The molecule has 1 amide bonds. The van der Waals surface area contributed by atoms with Crippen LogP contribution in [0.4, 0.5) is 5.69 Å². The number of nitro groups is 1. The van der Waals surface area contributed by atoms with Gasteiger partial charge < -0.3 is 19.7 Å². The number of rotatable bonds is 5. The summed E-state index contributed by atoms with van der Waals surface area (Å²) in [5.41, 5.74) is -0.865. The van der Waals surface area contributed by atoms with Gasteiger partial charge in [-0.15, -0.1) is 0 Å². The van der Waals surface area contributed by atoms with Gasteiger partial charge in [-0.2, -0.15) is 0 Å². The van der Waals surface area contributed by atoms with Crippen LogP contribution in [0.15, 0.2) is 12.3 Å². The smallest absolute Gasteiger partial charge is 0.287 e. The first-order valence-electron chi connectivity index (χ1n) is 6.88. The van der Waals surface area contributed by atoms with Crippen molar-refractivity contribution in [3.05, 3.63) is 28.1 Å². The topological polar surface area (TPSA) is 107 Å². The zero-order chi connectivity index (χ0) is 15.5. The lowest BCUT2D eigenvalue weighted by Crippen LogP contribution is -2.46. The van der Waals surface area contributed by atoms with Crippen molar-refractivity contribution in [1.29, 1.82) is 0 Å². The summed E-state index contributed by atoms with van der Waals surface area (Å²) in [6, 6.07) is 1.24. The highest BCUT2D eigenvalue weighted by Crippen LogP contribution is 2.20. The van der Waals surface area contributed by atoms with Crippen molar-refractivity contribution in [3.8, 4) is 0 Å². The third kappa shape index (κ3) is 3.59. The summed E-state index contributed by atoms with van der Waals surface area (Å²) < 4.78 is 6.69. The monoisotopic (exact) mass is 297 g/mol. The van der Waals surface area contributed by atoms with Gasteiger partial charge in [0.1, 0.15) is 5.69 Å². The molecule has 1 saturated heterocycles. The second kappa shape index (κ2) is 6.23. The molecule has 0 unspecified atom stereocenters. The van der Waals surface area contributed by atoms with E-state index in [2.05, 4.69) is 5.32 Å². The van der Waals surface area contributed by atoms with Crippen molar-refractivity contribution < 1.29 is 19.6 Å². The zero-order valence-electron chi connectivity index (χ0n) is 11.9. The highest BCUT2D eigenvalue weighted by Gasteiger charge is 2.30. The standard InChI is InChI=1S/C13H19N3O5/c1-2-15-8-10(16(19)20)7-11(15)12(17)14-9-13(18)3-5-21-6-4-13/h7-8,18H,2-6,9H2,1H3,(H,14,17). The van der Waals surface area contributed by atoms with Crippen molar-refractivity contribution >= 4 is 11.6 Å². The molecule has 0 atom stereocenters. The van der Waals surface area contributed by atoms with Gasteiger partial charge in [0.15, 0.2) is 0 Å². The number of amides is 1. The molecule has 8 nitrogen and oxygen atoms in total. The lowest BCUT2D eigenvalue weighted by atomic mass is 9.94.